The molecule has 0 rings (SSSR count). The van der Waals surface area contributed by atoms with Gasteiger partial charge in [-0.15, -0.1) is 0 Å². The first-order chi connectivity index (χ1) is 29.7. The number of amides is 1. The number of aliphatic hydroxyl groups is 2. The van der Waals surface area contributed by atoms with Gasteiger partial charge >= 0.3 is 0 Å². The standard InChI is InChI=1S/C56H95NO3/c1-3-5-7-9-11-13-15-17-19-21-23-24-25-26-27-28-29-30-31-32-34-36-38-40-42-44-46-48-50-52-56(60)57-54(53-58)55(59)51-49-47-45-43-41-39-37-35-33-22-20-18-16-14-12-10-8-6-4-2/h5,7,11,13,17,19,23-24,26-27,29-30,32,34,38,40,44,46,54-55,58-59H,3-4,6,8-10,12,14-16,18,20-22,25,28,31,33,35-37,39,41-43,45,47-53H2,1-2H3,(H,57,60)/b7-5-,13-11-,19-17-,24-23-,27-26-,30-29-,34-32-,40-38-,46-44-. The molecule has 0 saturated heterocycles. The summed E-state index contributed by atoms with van der Waals surface area (Å²) in [6, 6.07) is -0.576. The zero-order valence-corrected chi connectivity index (χ0v) is 39.2. The summed E-state index contributed by atoms with van der Waals surface area (Å²) >= 11 is 0. The van der Waals surface area contributed by atoms with Crippen molar-refractivity contribution in [3.8, 4) is 0 Å². The lowest BCUT2D eigenvalue weighted by molar-refractivity contribution is -0.123. The monoisotopic (exact) mass is 830 g/mol. The SMILES string of the molecule is CC/C=C\C/C=C\C/C=C\C/C=C\C/C=C\C/C=C\C/C=C\C/C=C\C/C=C\CCCC(=O)NC(CO)C(O)CCCCCCCCCCCCCCCCCCCCC. The average molecular weight is 830 g/mol. The van der Waals surface area contributed by atoms with Gasteiger partial charge in [0.2, 0.25) is 5.91 Å². The maximum atomic E-state index is 12.4. The van der Waals surface area contributed by atoms with Gasteiger partial charge in [0, 0.05) is 6.42 Å². The molecular weight excluding hydrogens is 735 g/mol. The van der Waals surface area contributed by atoms with E-state index < -0.39 is 12.1 Å². The van der Waals surface area contributed by atoms with Crippen LogP contribution in [0.2, 0.25) is 0 Å². The largest absolute Gasteiger partial charge is 0.394 e. The van der Waals surface area contributed by atoms with Crippen LogP contribution in [0.1, 0.15) is 219 Å². The molecule has 60 heavy (non-hydrogen) atoms. The molecule has 0 heterocycles. The highest BCUT2D eigenvalue weighted by atomic mass is 16.3. The van der Waals surface area contributed by atoms with Crippen molar-refractivity contribution < 1.29 is 15.0 Å². The molecule has 0 radical (unpaired) electrons. The Labute approximate surface area is 372 Å². The second kappa shape index (κ2) is 50.4. The third-order valence-electron chi connectivity index (χ3n) is 10.8. The van der Waals surface area contributed by atoms with Crippen molar-refractivity contribution >= 4 is 5.91 Å². The van der Waals surface area contributed by atoms with E-state index in [1.165, 1.54) is 109 Å². The molecule has 0 saturated carbocycles. The number of hydrogen-bond acceptors (Lipinski definition) is 3. The average Bonchev–Trinajstić information content (AvgIpc) is 3.25. The van der Waals surface area contributed by atoms with E-state index in [0.717, 1.165) is 83.5 Å². The van der Waals surface area contributed by atoms with Crippen molar-refractivity contribution in [1.82, 2.24) is 5.32 Å². The third kappa shape index (κ3) is 46.1. The summed E-state index contributed by atoms with van der Waals surface area (Å²) in [6.07, 6.45) is 76.1. The molecule has 0 aliphatic carbocycles. The van der Waals surface area contributed by atoms with E-state index in [1.807, 2.05) is 0 Å². The van der Waals surface area contributed by atoms with Crippen LogP contribution in [0.3, 0.4) is 0 Å². The molecule has 0 bridgehead atoms. The number of allylic oxidation sites excluding steroid dienone is 18. The zero-order valence-electron chi connectivity index (χ0n) is 39.2. The van der Waals surface area contributed by atoms with Gasteiger partial charge in [0.25, 0.3) is 0 Å². The van der Waals surface area contributed by atoms with Crippen LogP contribution in [0.15, 0.2) is 109 Å². The lowest BCUT2D eigenvalue weighted by atomic mass is 10.0. The van der Waals surface area contributed by atoms with Gasteiger partial charge in [0.15, 0.2) is 0 Å². The van der Waals surface area contributed by atoms with Crippen molar-refractivity contribution in [2.75, 3.05) is 6.61 Å². The Morgan fingerprint density at radius 3 is 1.03 bits per heavy atom. The van der Waals surface area contributed by atoms with Crippen molar-refractivity contribution in [3.63, 3.8) is 0 Å². The number of carbonyl (C=O) groups excluding carboxylic acids is 1. The Morgan fingerprint density at radius 1 is 0.417 bits per heavy atom. The van der Waals surface area contributed by atoms with Crippen molar-refractivity contribution in [1.29, 1.82) is 0 Å². The van der Waals surface area contributed by atoms with Crippen molar-refractivity contribution in [3.05, 3.63) is 109 Å². The predicted octanol–water partition coefficient (Wildman–Crippen LogP) is 16.4. The number of aliphatic hydroxyl groups excluding tert-OH is 2. The van der Waals surface area contributed by atoms with Gasteiger partial charge in [0.1, 0.15) is 0 Å². The quantitative estimate of drug-likeness (QED) is 0.0423. The van der Waals surface area contributed by atoms with E-state index in [9.17, 15) is 15.0 Å². The Morgan fingerprint density at radius 2 is 0.717 bits per heavy atom. The minimum absolute atomic E-state index is 0.0923. The van der Waals surface area contributed by atoms with E-state index in [4.69, 9.17) is 0 Å². The van der Waals surface area contributed by atoms with Gasteiger partial charge in [-0.05, 0) is 77.0 Å². The maximum Gasteiger partial charge on any atom is 0.220 e. The Hall–Kier alpha value is -2.95. The number of hydrogen-bond donors (Lipinski definition) is 3. The molecule has 342 valence electrons. The third-order valence-corrected chi connectivity index (χ3v) is 10.8. The number of carbonyl (C=O) groups is 1. The summed E-state index contributed by atoms with van der Waals surface area (Å²) in [5.74, 6) is -0.0923. The summed E-state index contributed by atoms with van der Waals surface area (Å²) in [5.41, 5.74) is 0. The van der Waals surface area contributed by atoms with Gasteiger partial charge < -0.3 is 15.5 Å². The smallest absolute Gasteiger partial charge is 0.220 e. The number of nitrogens with one attached hydrogen (secondary N) is 1. The van der Waals surface area contributed by atoms with Crippen LogP contribution in [0.25, 0.3) is 0 Å². The minimum atomic E-state index is -0.692. The molecule has 3 N–H and O–H groups in total. The van der Waals surface area contributed by atoms with E-state index in [0.29, 0.717) is 12.8 Å². The molecule has 4 nitrogen and oxygen atoms in total. The molecule has 0 aliphatic rings. The first-order valence-electron chi connectivity index (χ1n) is 25.1. The summed E-state index contributed by atoms with van der Waals surface area (Å²) in [4.78, 5) is 12.4. The molecule has 0 aliphatic heterocycles. The van der Waals surface area contributed by atoms with Gasteiger partial charge in [-0.2, -0.15) is 0 Å². The van der Waals surface area contributed by atoms with Crippen LogP contribution < -0.4 is 5.32 Å². The van der Waals surface area contributed by atoms with E-state index in [2.05, 4.69) is 129 Å². The van der Waals surface area contributed by atoms with E-state index in [1.54, 1.807) is 0 Å². The van der Waals surface area contributed by atoms with Crippen LogP contribution in [-0.4, -0.2) is 34.9 Å². The highest BCUT2D eigenvalue weighted by Crippen LogP contribution is 2.16. The van der Waals surface area contributed by atoms with Gasteiger partial charge in [-0.1, -0.05) is 245 Å². The van der Waals surface area contributed by atoms with Crippen LogP contribution in [0.5, 0.6) is 0 Å². The highest BCUT2D eigenvalue weighted by Gasteiger charge is 2.19. The summed E-state index contributed by atoms with van der Waals surface area (Å²) < 4.78 is 0. The molecule has 2 atom stereocenters. The number of rotatable bonds is 44. The first-order valence-corrected chi connectivity index (χ1v) is 25.1. The fourth-order valence-electron chi connectivity index (χ4n) is 7.01. The molecule has 0 aromatic rings. The lowest BCUT2D eigenvalue weighted by Crippen LogP contribution is -2.45. The predicted molar refractivity (Wildman–Crippen MR) is 266 cm³/mol. The maximum absolute atomic E-state index is 12.4. The van der Waals surface area contributed by atoms with Crippen LogP contribution in [-0.2, 0) is 4.79 Å². The van der Waals surface area contributed by atoms with Crippen molar-refractivity contribution in [2.45, 2.75) is 231 Å². The molecule has 1 amide bonds. The first kappa shape index (κ1) is 57.1. The molecule has 0 aromatic heterocycles. The summed E-state index contributed by atoms with van der Waals surface area (Å²) in [5, 5.41) is 23.2. The number of unbranched alkanes of at least 4 members (excludes halogenated alkanes) is 19. The Bertz CT molecular complexity index is 1170. The fraction of sp³-hybridized carbons (Fsp3) is 0.661. The summed E-state index contributed by atoms with van der Waals surface area (Å²) in [6.45, 7) is 4.22. The lowest BCUT2D eigenvalue weighted by Gasteiger charge is -2.22. The van der Waals surface area contributed by atoms with Gasteiger partial charge in [-0.25, -0.2) is 0 Å². The van der Waals surface area contributed by atoms with Gasteiger partial charge in [0.05, 0.1) is 18.8 Å². The molecule has 2 unspecified atom stereocenters. The molecular formula is C56H95NO3. The van der Waals surface area contributed by atoms with Crippen LogP contribution in [0, 0.1) is 0 Å². The fourth-order valence-corrected chi connectivity index (χ4v) is 7.01. The Kier molecular flexibility index (Phi) is 47.9. The summed E-state index contributed by atoms with van der Waals surface area (Å²) in [7, 11) is 0. The van der Waals surface area contributed by atoms with Crippen LogP contribution in [0.4, 0.5) is 0 Å². The highest BCUT2D eigenvalue weighted by molar-refractivity contribution is 5.76. The molecule has 0 aromatic carbocycles. The molecule has 0 fully saturated rings. The molecule has 4 heteroatoms. The normalized spacial score (nSPS) is 13.9. The Balaban J connectivity index is 3.70. The van der Waals surface area contributed by atoms with Crippen LogP contribution >= 0.6 is 0 Å². The zero-order chi connectivity index (χ0) is 43.5. The second-order valence-electron chi connectivity index (χ2n) is 16.5. The van der Waals surface area contributed by atoms with E-state index in [-0.39, 0.29) is 12.5 Å². The molecule has 0 spiro atoms. The minimum Gasteiger partial charge on any atom is -0.394 e. The van der Waals surface area contributed by atoms with Gasteiger partial charge in [-0.3, -0.25) is 4.79 Å². The second-order valence-corrected chi connectivity index (χ2v) is 16.5. The van der Waals surface area contributed by atoms with E-state index >= 15 is 0 Å². The van der Waals surface area contributed by atoms with Crippen molar-refractivity contribution in [2.24, 2.45) is 0 Å². The topological polar surface area (TPSA) is 69.6 Å².